The van der Waals surface area contributed by atoms with Crippen molar-refractivity contribution in [1.82, 2.24) is 0 Å². The first kappa shape index (κ1) is 18.5. The highest BCUT2D eigenvalue weighted by Gasteiger charge is 2.81. The standard InChI is InChI=1S/C11H9BF9N/c1-4-2-5(3-6(12)7(4)22)8(13,10(16,17)18)9(14,15)11(19,20)21/h2-3H,12,22H2,1H3. The van der Waals surface area contributed by atoms with Crippen LogP contribution >= 0.6 is 0 Å². The third-order valence-corrected chi connectivity index (χ3v) is 3.17. The summed E-state index contributed by atoms with van der Waals surface area (Å²) in [6.07, 6.45) is -13.2. The number of anilines is 1. The van der Waals surface area contributed by atoms with Gasteiger partial charge in [-0.15, -0.1) is 0 Å². The molecule has 22 heavy (non-hydrogen) atoms. The van der Waals surface area contributed by atoms with Crippen molar-refractivity contribution >= 4 is 19.0 Å². The molecule has 2 N–H and O–H groups in total. The highest BCUT2D eigenvalue weighted by Crippen LogP contribution is 2.58. The Morgan fingerprint density at radius 1 is 0.864 bits per heavy atom. The first-order valence-corrected chi connectivity index (χ1v) is 5.64. The van der Waals surface area contributed by atoms with Crippen LogP contribution in [0.15, 0.2) is 12.1 Å². The van der Waals surface area contributed by atoms with Crippen LogP contribution in [0.3, 0.4) is 0 Å². The third kappa shape index (κ3) is 2.50. The minimum atomic E-state index is -6.74. The highest BCUT2D eigenvalue weighted by molar-refractivity contribution is 6.35. The van der Waals surface area contributed by atoms with Crippen molar-refractivity contribution in [2.24, 2.45) is 0 Å². The Labute approximate surface area is 119 Å². The lowest BCUT2D eigenvalue weighted by atomic mass is 9.81. The molecule has 0 amide bonds. The van der Waals surface area contributed by atoms with Crippen molar-refractivity contribution in [2.45, 2.75) is 30.9 Å². The van der Waals surface area contributed by atoms with E-state index < -0.39 is 29.5 Å². The molecule has 1 atom stereocenters. The summed E-state index contributed by atoms with van der Waals surface area (Å²) < 4.78 is 116. The van der Waals surface area contributed by atoms with Gasteiger partial charge in [-0.05, 0) is 12.5 Å². The van der Waals surface area contributed by atoms with Crippen molar-refractivity contribution in [1.29, 1.82) is 0 Å². The predicted octanol–water partition coefficient (Wildman–Crippen LogP) is 2.76. The van der Waals surface area contributed by atoms with E-state index in [4.69, 9.17) is 5.73 Å². The van der Waals surface area contributed by atoms with Crippen molar-refractivity contribution in [3.05, 3.63) is 23.3 Å². The highest BCUT2D eigenvalue weighted by atomic mass is 19.4. The average molecular weight is 337 g/mol. The van der Waals surface area contributed by atoms with Gasteiger partial charge in [0.05, 0.1) is 0 Å². The molecule has 1 rings (SSSR count). The number of hydrogen-bond acceptors (Lipinski definition) is 1. The molecular weight excluding hydrogens is 328 g/mol. The van der Waals surface area contributed by atoms with Gasteiger partial charge in [0.15, 0.2) is 0 Å². The molecule has 0 heterocycles. The van der Waals surface area contributed by atoms with E-state index in [-0.39, 0.29) is 28.8 Å². The second kappa shape index (κ2) is 4.99. The number of nitrogen functional groups attached to an aromatic ring is 1. The summed E-state index contributed by atoms with van der Waals surface area (Å²) in [7, 11) is 1.06. The summed E-state index contributed by atoms with van der Waals surface area (Å²) in [4.78, 5) is 0. The molecule has 0 aromatic heterocycles. The van der Waals surface area contributed by atoms with Gasteiger partial charge in [-0.3, -0.25) is 0 Å². The van der Waals surface area contributed by atoms with E-state index in [0.717, 1.165) is 14.8 Å². The van der Waals surface area contributed by atoms with Crippen LogP contribution in [-0.4, -0.2) is 26.1 Å². The van der Waals surface area contributed by atoms with Gasteiger partial charge >= 0.3 is 23.9 Å². The Kier molecular flexibility index (Phi) is 4.19. The molecule has 0 radical (unpaired) electrons. The van der Waals surface area contributed by atoms with Gasteiger partial charge < -0.3 is 5.73 Å². The molecule has 0 aliphatic heterocycles. The van der Waals surface area contributed by atoms with Gasteiger partial charge in [0.2, 0.25) is 0 Å². The fourth-order valence-corrected chi connectivity index (χ4v) is 1.89. The van der Waals surface area contributed by atoms with Crippen LogP contribution in [0.2, 0.25) is 0 Å². The molecule has 124 valence electrons. The van der Waals surface area contributed by atoms with E-state index in [1.54, 1.807) is 0 Å². The van der Waals surface area contributed by atoms with Crippen molar-refractivity contribution in [3.63, 3.8) is 0 Å². The van der Waals surface area contributed by atoms with E-state index in [0.29, 0.717) is 0 Å². The Bertz CT molecular complexity index is 555. The van der Waals surface area contributed by atoms with Gasteiger partial charge in [-0.1, -0.05) is 17.6 Å². The van der Waals surface area contributed by atoms with Crippen LogP contribution in [0.5, 0.6) is 0 Å². The van der Waals surface area contributed by atoms with Crippen LogP contribution in [0.4, 0.5) is 45.2 Å². The maximum absolute atomic E-state index is 14.2. The molecule has 0 saturated carbocycles. The molecular formula is C11H9BF9N. The molecule has 0 fully saturated rings. The number of halogens is 9. The summed E-state index contributed by atoms with van der Waals surface area (Å²) in [6, 6.07) is 0.463. The van der Waals surface area contributed by atoms with E-state index in [1.807, 2.05) is 0 Å². The average Bonchev–Trinajstić information content (AvgIpc) is 2.31. The Morgan fingerprint density at radius 2 is 1.32 bits per heavy atom. The minimum Gasteiger partial charge on any atom is -0.399 e. The molecule has 1 nitrogen and oxygen atoms in total. The second-order valence-electron chi connectivity index (χ2n) is 4.75. The first-order valence-electron chi connectivity index (χ1n) is 5.64. The summed E-state index contributed by atoms with van der Waals surface area (Å²) in [5.74, 6) is -6.67. The van der Waals surface area contributed by atoms with Crippen LogP contribution in [-0.2, 0) is 5.67 Å². The van der Waals surface area contributed by atoms with Crippen LogP contribution < -0.4 is 11.2 Å². The Balaban J connectivity index is 3.77. The zero-order chi connectivity index (χ0) is 17.7. The minimum absolute atomic E-state index is 0.136. The summed E-state index contributed by atoms with van der Waals surface area (Å²) in [6.45, 7) is 1.06. The van der Waals surface area contributed by atoms with Gasteiger partial charge in [-0.2, -0.15) is 35.1 Å². The SMILES string of the molecule is Bc1cc(C(F)(C(F)(F)F)C(F)(F)C(F)(F)F)cc(C)c1N. The van der Waals surface area contributed by atoms with Crippen molar-refractivity contribution in [3.8, 4) is 0 Å². The monoisotopic (exact) mass is 337 g/mol. The number of aryl methyl sites for hydroxylation is 1. The van der Waals surface area contributed by atoms with Gasteiger partial charge in [0, 0.05) is 11.3 Å². The largest absolute Gasteiger partial charge is 0.457 e. The van der Waals surface area contributed by atoms with E-state index in [9.17, 15) is 39.5 Å². The lowest BCUT2D eigenvalue weighted by Gasteiger charge is -2.36. The zero-order valence-corrected chi connectivity index (χ0v) is 11.1. The lowest BCUT2D eigenvalue weighted by Crippen LogP contribution is -2.60. The maximum atomic E-state index is 14.2. The topological polar surface area (TPSA) is 26.0 Å². The molecule has 0 aliphatic rings. The second-order valence-corrected chi connectivity index (χ2v) is 4.75. The van der Waals surface area contributed by atoms with E-state index in [1.165, 1.54) is 0 Å². The van der Waals surface area contributed by atoms with E-state index >= 15 is 0 Å². The summed E-state index contributed by atoms with van der Waals surface area (Å²) in [5.41, 5.74) is -3.04. The number of benzene rings is 1. The number of nitrogens with two attached hydrogens (primary N) is 1. The molecule has 0 spiro atoms. The number of rotatable bonds is 2. The quantitative estimate of drug-likeness (QED) is 0.501. The molecule has 1 unspecified atom stereocenters. The van der Waals surface area contributed by atoms with Gasteiger partial charge in [0.1, 0.15) is 7.85 Å². The Hall–Kier alpha value is -1.55. The first-order chi connectivity index (χ1) is 9.57. The van der Waals surface area contributed by atoms with Crippen molar-refractivity contribution < 1.29 is 39.5 Å². The smallest absolute Gasteiger partial charge is 0.399 e. The van der Waals surface area contributed by atoms with Crippen LogP contribution in [0.1, 0.15) is 11.1 Å². The lowest BCUT2D eigenvalue weighted by molar-refractivity contribution is -0.389. The maximum Gasteiger partial charge on any atom is 0.457 e. The predicted molar refractivity (Wildman–Crippen MR) is 63.6 cm³/mol. The number of hydrogen-bond donors (Lipinski definition) is 1. The summed E-state index contributed by atoms with van der Waals surface area (Å²) >= 11 is 0. The Morgan fingerprint density at radius 3 is 1.64 bits per heavy atom. The zero-order valence-electron chi connectivity index (χ0n) is 11.1. The van der Waals surface area contributed by atoms with Gasteiger partial charge in [0.25, 0.3) is 0 Å². The fraction of sp³-hybridized carbons (Fsp3) is 0.455. The molecule has 11 heteroatoms. The molecule has 0 bridgehead atoms. The third-order valence-electron chi connectivity index (χ3n) is 3.17. The molecule has 1 aromatic carbocycles. The van der Waals surface area contributed by atoms with Crippen molar-refractivity contribution in [2.75, 3.05) is 5.73 Å². The van der Waals surface area contributed by atoms with Crippen LogP contribution in [0.25, 0.3) is 0 Å². The van der Waals surface area contributed by atoms with Crippen LogP contribution in [0, 0.1) is 6.92 Å². The summed E-state index contributed by atoms with van der Waals surface area (Å²) in [5, 5.41) is 0. The normalized spacial score (nSPS) is 16.5. The van der Waals surface area contributed by atoms with Gasteiger partial charge in [-0.25, -0.2) is 4.39 Å². The molecule has 0 saturated heterocycles. The molecule has 0 aliphatic carbocycles. The number of alkyl halides is 9. The van der Waals surface area contributed by atoms with E-state index in [2.05, 4.69) is 0 Å². The fourth-order valence-electron chi connectivity index (χ4n) is 1.89. The molecule has 1 aromatic rings.